The molecule has 0 aliphatic carbocycles. The normalized spacial score (nSPS) is 17.3. The summed E-state index contributed by atoms with van der Waals surface area (Å²) in [7, 11) is 0. The number of pyridine rings is 1. The molecule has 1 saturated heterocycles. The van der Waals surface area contributed by atoms with Crippen molar-refractivity contribution in [3.63, 3.8) is 0 Å². The Labute approximate surface area is 135 Å². The average molecular weight is 314 g/mol. The summed E-state index contributed by atoms with van der Waals surface area (Å²) in [5.74, 6) is 1.38. The number of aromatic nitrogens is 3. The Kier molecular flexibility index (Phi) is 5.02. The van der Waals surface area contributed by atoms with Crippen LogP contribution in [0.4, 0.5) is 5.82 Å². The van der Waals surface area contributed by atoms with Gasteiger partial charge in [0.2, 0.25) is 0 Å². The molecule has 0 spiro atoms. The van der Waals surface area contributed by atoms with Crippen molar-refractivity contribution in [2.45, 2.75) is 38.7 Å². The van der Waals surface area contributed by atoms with E-state index in [1.54, 1.807) is 6.20 Å². The molecular formula is C17H22N4O2. The lowest BCUT2D eigenvalue weighted by atomic mass is 10.2. The zero-order chi connectivity index (χ0) is 16.1. The van der Waals surface area contributed by atoms with E-state index in [0.717, 1.165) is 49.5 Å². The first-order valence-corrected chi connectivity index (χ1v) is 8.16. The van der Waals surface area contributed by atoms with E-state index in [9.17, 15) is 4.79 Å². The number of nitrogens with one attached hydrogen (secondary N) is 2. The highest BCUT2D eigenvalue weighted by molar-refractivity contribution is 5.55. The van der Waals surface area contributed by atoms with Gasteiger partial charge in [0, 0.05) is 36.7 Å². The summed E-state index contributed by atoms with van der Waals surface area (Å²) >= 11 is 0. The number of ether oxygens (including phenoxy) is 1. The molecule has 0 aromatic carbocycles. The van der Waals surface area contributed by atoms with Crippen LogP contribution < -0.4 is 10.9 Å². The highest BCUT2D eigenvalue weighted by atomic mass is 16.5. The number of aryl methyl sites for hydroxylation is 1. The van der Waals surface area contributed by atoms with Crippen LogP contribution >= 0.6 is 0 Å². The zero-order valence-corrected chi connectivity index (χ0v) is 13.3. The second-order valence-electron chi connectivity index (χ2n) is 5.72. The zero-order valence-electron chi connectivity index (χ0n) is 13.3. The van der Waals surface area contributed by atoms with Crippen LogP contribution in [-0.2, 0) is 11.2 Å². The van der Waals surface area contributed by atoms with Crippen LogP contribution in [0, 0.1) is 0 Å². The fraction of sp³-hybridized carbons (Fsp3) is 0.471. The molecule has 0 radical (unpaired) electrons. The van der Waals surface area contributed by atoms with Crippen molar-refractivity contribution in [2.75, 3.05) is 18.5 Å². The highest BCUT2D eigenvalue weighted by Gasteiger charge is 2.14. The van der Waals surface area contributed by atoms with Gasteiger partial charge in [-0.1, -0.05) is 6.92 Å². The Morgan fingerprint density at radius 3 is 3.04 bits per heavy atom. The summed E-state index contributed by atoms with van der Waals surface area (Å²) in [5.41, 5.74) is 1.45. The minimum atomic E-state index is -0.134. The molecule has 6 heteroatoms. The van der Waals surface area contributed by atoms with Gasteiger partial charge in [-0.05, 0) is 37.8 Å². The summed E-state index contributed by atoms with van der Waals surface area (Å²) in [6, 6.07) is 5.35. The quantitative estimate of drug-likeness (QED) is 0.855. The van der Waals surface area contributed by atoms with Crippen LogP contribution in [0.15, 0.2) is 29.2 Å². The number of rotatable bonds is 6. The first-order chi connectivity index (χ1) is 11.2. The third-order valence-corrected chi connectivity index (χ3v) is 3.99. The third kappa shape index (κ3) is 4.16. The van der Waals surface area contributed by atoms with E-state index in [0.29, 0.717) is 11.9 Å². The molecular weight excluding hydrogens is 292 g/mol. The Hall–Kier alpha value is -2.21. The van der Waals surface area contributed by atoms with Crippen molar-refractivity contribution in [1.82, 2.24) is 15.0 Å². The minimum Gasteiger partial charge on any atom is -0.378 e. The molecule has 1 fully saturated rings. The average Bonchev–Trinajstić information content (AvgIpc) is 3.08. The standard InChI is InChI=1S/C17H22N4O2/c1-2-13-10-16(22)21-17(20-13)12-5-6-15(19-11-12)18-8-7-14-4-3-9-23-14/h5-6,10-11,14H,2-4,7-9H2,1H3,(H,18,19)(H,20,21,22). The predicted octanol–water partition coefficient (Wildman–Crippen LogP) is 2.38. The number of hydrogen-bond donors (Lipinski definition) is 2. The van der Waals surface area contributed by atoms with Gasteiger partial charge in [0.1, 0.15) is 11.6 Å². The fourth-order valence-corrected chi connectivity index (χ4v) is 2.70. The molecule has 2 N–H and O–H groups in total. The second kappa shape index (κ2) is 7.37. The van der Waals surface area contributed by atoms with Crippen molar-refractivity contribution in [3.05, 3.63) is 40.4 Å². The number of anilines is 1. The smallest absolute Gasteiger partial charge is 0.251 e. The maximum Gasteiger partial charge on any atom is 0.251 e. The molecule has 3 rings (SSSR count). The van der Waals surface area contributed by atoms with E-state index in [-0.39, 0.29) is 5.56 Å². The van der Waals surface area contributed by atoms with Crippen molar-refractivity contribution >= 4 is 5.82 Å². The van der Waals surface area contributed by atoms with E-state index in [4.69, 9.17) is 4.74 Å². The molecule has 122 valence electrons. The first kappa shape index (κ1) is 15.7. The molecule has 1 aliphatic heterocycles. The van der Waals surface area contributed by atoms with Gasteiger partial charge in [0.25, 0.3) is 5.56 Å². The lowest BCUT2D eigenvalue weighted by Gasteiger charge is -2.10. The predicted molar refractivity (Wildman–Crippen MR) is 89.5 cm³/mol. The largest absolute Gasteiger partial charge is 0.378 e. The monoisotopic (exact) mass is 314 g/mol. The molecule has 0 saturated carbocycles. The summed E-state index contributed by atoms with van der Waals surface area (Å²) in [4.78, 5) is 23.2. The lowest BCUT2D eigenvalue weighted by molar-refractivity contribution is 0.107. The van der Waals surface area contributed by atoms with Gasteiger partial charge in [0.05, 0.1) is 6.10 Å². The number of hydrogen-bond acceptors (Lipinski definition) is 5. The third-order valence-electron chi connectivity index (χ3n) is 3.99. The van der Waals surface area contributed by atoms with E-state index in [2.05, 4.69) is 20.3 Å². The SMILES string of the molecule is CCc1cc(=O)[nH]c(-c2ccc(NCCC3CCCO3)nc2)n1. The molecule has 0 bridgehead atoms. The Morgan fingerprint density at radius 2 is 2.35 bits per heavy atom. The van der Waals surface area contributed by atoms with Gasteiger partial charge in [0.15, 0.2) is 0 Å². The highest BCUT2D eigenvalue weighted by Crippen LogP contribution is 2.17. The van der Waals surface area contributed by atoms with Gasteiger partial charge in [-0.3, -0.25) is 4.79 Å². The summed E-state index contributed by atoms with van der Waals surface area (Å²) in [5, 5.41) is 3.30. The van der Waals surface area contributed by atoms with Crippen molar-refractivity contribution in [3.8, 4) is 11.4 Å². The van der Waals surface area contributed by atoms with E-state index < -0.39 is 0 Å². The van der Waals surface area contributed by atoms with Gasteiger partial charge < -0.3 is 15.0 Å². The molecule has 1 unspecified atom stereocenters. The molecule has 6 nitrogen and oxygen atoms in total. The van der Waals surface area contributed by atoms with Gasteiger partial charge >= 0.3 is 0 Å². The number of aromatic amines is 1. The van der Waals surface area contributed by atoms with Crippen LogP contribution in [-0.4, -0.2) is 34.2 Å². The summed E-state index contributed by atoms with van der Waals surface area (Å²) in [6.45, 7) is 3.71. The molecule has 0 amide bonds. The second-order valence-corrected chi connectivity index (χ2v) is 5.72. The van der Waals surface area contributed by atoms with Crippen LogP contribution in [0.1, 0.15) is 31.9 Å². The van der Waals surface area contributed by atoms with Crippen LogP contribution in [0.25, 0.3) is 11.4 Å². The van der Waals surface area contributed by atoms with Crippen molar-refractivity contribution in [1.29, 1.82) is 0 Å². The van der Waals surface area contributed by atoms with Crippen LogP contribution in [0.5, 0.6) is 0 Å². The molecule has 2 aromatic rings. The Balaban J connectivity index is 1.62. The summed E-state index contributed by atoms with van der Waals surface area (Å²) < 4.78 is 5.60. The molecule has 1 aliphatic rings. The number of nitrogens with zero attached hydrogens (tertiary/aromatic N) is 2. The van der Waals surface area contributed by atoms with E-state index in [1.165, 1.54) is 12.5 Å². The van der Waals surface area contributed by atoms with Gasteiger partial charge in [-0.2, -0.15) is 0 Å². The maximum atomic E-state index is 11.6. The molecule has 3 heterocycles. The van der Waals surface area contributed by atoms with Gasteiger partial charge in [-0.25, -0.2) is 9.97 Å². The number of H-pyrrole nitrogens is 1. The van der Waals surface area contributed by atoms with Gasteiger partial charge in [-0.15, -0.1) is 0 Å². The lowest BCUT2D eigenvalue weighted by Crippen LogP contribution is -2.13. The fourth-order valence-electron chi connectivity index (χ4n) is 2.70. The maximum absolute atomic E-state index is 11.6. The van der Waals surface area contributed by atoms with Crippen LogP contribution in [0.2, 0.25) is 0 Å². The van der Waals surface area contributed by atoms with Crippen molar-refractivity contribution in [2.24, 2.45) is 0 Å². The Morgan fingerprint density at radius 1 is 1.43 bits per heavy atom. The minimum absolute atomic E-state index is 0.134. The van der Waals surface area contributed by atoms with Crippen LogP contribution in [0.3, 0.4) is 0 Å². The van der Waals surface area contributed by atoms with E-state index in [1.807, 2.05) is 19.1 Å². The molecule has 23 heavy (non-hydrogen) atoms. The topological polar surface area (TPSA) is 79.9 Å². The Bertz CT molecular complexity index is 690. The van der Waals surface area contributed by atoms with E-state index >= 15 is 0 Å². The first-order valence-electron chi connectivity index (χ1n) is 8.16. The summed E-state index contributed by atoms with van der Waals surface area (Å²) in [6.07, 6.45) is 6.16. The molecule has 2 aromatic heterocycles. The molecule has 1 atom stereocenters. The van der Waals surface area contributed by atoms with Crippen molar-refractivity contribution < 1.29 is 4.74 Å².